The second-order valence-corrected chi connectivity index (χ2v) is 6.51. The molecule has 0 aliphatic heterocycles. The minimum Gasteiger partial charge on any atom is -0.395 e. The fourth-order valence-electron chi connectivity index (χ4n) is 2.54. The van der Waals surface area contributed by atoms with Gasteiger partial charge in [0.2, 0.25) is 0 Å². The van der Waals surface area contributed by atoms with Gasteiger partial charge in [0.25, 0.3) is 0 Å². The summed E-state index contributed by atoms with van der Waals surface area (Å²) in [5.74, 6) is 0. The molecule has 1 aromatic rings. The first-order valence-electron chi connectivity index (χ1n) is 5.67. The van der Waals surface area contributed by atoms with Crippen molar-refractivity contribution in [2.75, 3.05) is 6.61 Å². The SMILES string of the molecule is CC1(C)CC1(CO)c1ccc(SC(F)(F)F)cc1. The van der Waals surface area contributed by atoms with Crippen molar-refractivity contribution in [3.63, 3.8) is 0 Å². The Kier molecular flexibility index (Phi) is 3.18. The van der Waals surface area contributed by atoms with E-state index in [9.17, 15) is 18.3 Å². The highest BCUT2D eigenvalue weighted by Crippen LogP contribution is 2.64. The predicted octanol–water partition coefficient (Wildman–Crippen LogP) is 3.96. The van der Waals surface area contributed by atoms with Gasteiger partial charge in [-0.3, -0.25) is 0 Å². The number of hydrogen-bond acceptors (Lipinski definition) is 2. The molecule has 1 nitrogen and oxygen atoms in total. The highest BCUT2D eigenvalue weighted by Gasteiger charge is 2.61. The number of thioether (sulfide) groups is 1. The largest absolute Gasteiger partial charge is 0.446 e. The van der Waals surface area contributed by atoms with E-state index in [-0.39, 0.29) is 34.1 Å². The van der Waals surface area contributed by atoms with Gasteiger partial charge in [-0.05, 0) is 41.3 Å². The van der Waals surface area contributed by atoms with Crippen molar-refractivity contribution in [1.82, 2.24) is 0 Å². The van der Waals surface area contributed by atoms with Crippen LogP contribution in [-0.2, 0) is 5.41 Å². The highest BCUT2D eigenvalue weighted by molar-refractivity contribution is 8.00. The average molecular weight is 276 g/mol. The van der Waals surface area contributed by atoms with Crippen LogP contribution in [0.1, 0.15) is 25.8 Å². The molecule has 0 aromatic heterocycles. The molecule has 1 unspecified atom stereocenters. The van der Waals surface area contributed by atoms with Gasteiger partial charge in [-0.15, -0.1) is 0 Å². The molecular weight excluding hydrogens is 261 g/mol. The molecule has 2 rings (SSSR count). The van der Waals surface area contributed by atoms with Crippen molar-refractivity contribution in [2.24, 2.45) is 5.41 Å². The van der Waals surface area contributed by atoms with Crippen LogP contribution in [0.25, 0.3) is 0 Å². The monoisotopic (exact) mass is 276 g/mol. The lowest BCUT2D eigenvalue weighted by Gasteiger charge is -2.18. The Labute approximate surface area is 108 Å². The molecule has 0 radical (unpaired) electrons. The first-order valence-corrected chi connectivity index (χ1v) is 6.49. The van der Waals surface area contributed by atoms with E-state index in [0.29, 0.717) is 0 Å². The van der Waals surface area contributed by atoms with Crippen LogP contribution >= 0.6 is 11.8 Å². The van der Waals surface area contributed by atoms with Gasteiger partial charge in [0.05, 0.1) is 6.61 Å². The van der Waals surface area contributed by atoms with Gasteiger partial charge < -0.3 is 5.11 Å². The van der Waals surface area contributed by atoms with Crippen molar-refractivity contribution >= 4 is 11.8 Å². The molecule has 0 heterocycles. The third-order valence-electron chi connectivity index (χ3n) is 3.82. The summed E-state index contributed by atoms with van der Waals surface area (Å²) in [7, 11) is 0. The lowest BCUT2D eigenvalue weighted by Crippen LogP contribution is -2.19. The molecule has 1 atom stereocenters. The molecule has 1 aliphatic rings. The Balaban J connectivity index is 2.19. The van der Waals surface area contributed by atoms with Gasteiger partial charge in [0.1, 0.15) is 0 Å². The van der Waals surface area contributed by atoms with Gasteiger partial charge in [-0.1, -0.05) is 26.0 Å². The maximum Gasteiger partial charge on any atom is 0.446 e. The van der Waals surface area contributed by atoms with Crippen LogP contribution in [0.2, 0.25) is 0 Å². The van der Waals surface area contributed by atoms with Crippen LogP contribution in [0.5, 0.6) is 0 Å². The quantitative estimate of drug-likeness (QED) is 0.843. The molecule has 0 saturated heterocycles. The molecule has 0 amide bonds. The lowest BCUT2D eigenvalue weighted by molar-refractivity contribution is -0.0328. The molecule has 1 fully saturated rings. The maximum atomic E-state index is 12.2. The zero-order valence-electron chi connectivity index (χ0n) is 10.2. The summed E-state index contributed by atoms with van der Waals surface area (Å²) < 4.78 is 36.6. The Morgan fingerprint density at radius 2 is 1.72 bits per heavy atom. The van der Waals surface area contributed by atoms with E-state index >= 15 is 0 Å². The van der Waals surface area contributed by atoms with Crippen LogP contribution in [-0.4, -0.2) is 17.2 Å². The molecule has 5 heteroatoms. The van der Waals surface area contributed by atoms with Crippen LogP contribution in [0.15, 0.2) is 29.2 Å². The summed E-state index contributed by atoms with van der Waals surface area (Å²) in [5.41, 5.74) is -3.61. The minimum atomic E-state index is -4.25. The first kappa shape index (κ1) is 13.7. The van der Waals surface area contributed by atoms with Crippen molar-refractivity contribution in [3.8, 4) is 0 Å². The summed E-state index contributed by atoms with van der Waals surface area (Å²) in [6, 6.07) is 6.33. The standard InChI is InChI=1S/C13H15F3OS/c1-11(2)7-12(11,8-17)9-3-5-10(6-4-9)18-13(14,15)16/h3-6,17H,7-8H2,1-2H3. The molecular formula is C13H15F3OS. The van der Waals surface area contributed by atoms with Crippen molar-refractivity contribution < 1.29 is 18.3 Å². The number of hydrogen-bond donors (Lipinski definition) is 1. The average Bonchev–Trinajstić information content (AvgIpc) is 2.81. The van der Waals surface area contributed by atoms with Gasteiger partial charge in [0, 0.05) is 10.3 Å². The molecule has 1 aliphatic carbocycles. The summed E-state index contributed by atoms with van der Waals surface area (Å²) in [6.07, 6.45) is 0.863. The van der Waals surface area contributed by atoms with E-state index in [1.807, 2.05) is 0 Å². The molecule has 0 spiro atoms. The second-order valence-electron chi connectivity index (χ2n) is 5.37. The topological polar surface area (TPSA) is 20.2 Å². The van der Waals surface area contributed by atoms with Gasteiger partial charge in [-0.2, -0.15) is 13.2 Å². The van der Waals surface area contributed by atoms with Crippen LogP contribution in [0.3, 0.4) is 0 Å². The smallest absolute Gasteiger partial charge is 0.395 e. The van der Waals surface area contributed by atoms with E-state index in [0.717, 1.165) is 12.0 Å². The summed E-state index contributed by atoms with van der Waals surface area (Å²) in [6.45, 7) is 4.15. The fraction of sp³-hybridized carbons (Fsp3) is 0.538. The second kappa shape index (κ2) is 4.17. The van der Waals surface area contributed by atoms with E-state index in [1.165, 1.54) is 12.1 Å². The van der Waals surface area contributed by atoms with Gasteiger partial charge >= 0.3 is 5.51 Å². The van der Waals surface area contributed by atoms with Crippen LogP contribution < -0.4 is 0 Å². The highest BCUT2D eigenvalue weighted by atomic mass is 32.2. The summed E-state index contributed by atoms with van der Waals surface area (Å²) >= 11 is -0.115. The zero-order chi connectivity index (χ0) is 13.6. The number of alkyl halides is 3. The minimum absolute atomic E-state index is 0.0143. The molecule has 18 heavy (non-hydrogen) atoms. The van der Waals surface area contributed by atoms with E-state index < -0.39 is 5.51 Å². The third kappa shape index (κ3) is 2.38. The number of rotatable bonds is 3. The van der Waals surface area contributed by atoms with E-state index in [2.05, 4.69) is 13.8 Å². The Hall–Kier alpha value is -0.680. The van der Waals surface area contributed by atoms with Crippen LogP contribution in [0, 0.1) is 5.41 Å². The molecule has 1 aromatic carbocycles. The molecule has 100 valence electrons. The molecule has 1 saturated carbocycles. The third-order valence-corrected chi connectivity index (χ3v) is 4.56. The van der Waals surface area contributed by atoms with Gasteiger partial charge in [-0.25, -0.2) is 0 Å². The number of aliphatic hydroxyl groups is 1. The normalized spacial score (nSPS) is 26.1. The van der Waals surface area contributed by atoms with Gasteiger partial charge in [0.15, 0.2) is 0 Å². The molecule has 0 bridgehead atoms. The van der Waals surface area contributed by atoms with E-state index in [1.54, 1.807) is 12.1 Å². The van der Waals surface area contributed by atoms with Crippen LogP contribution in [0.4, 0.5) is 13.2 Å². The lowest BCUT2D eigenvalue weighted by atomic mass is 9.89. The zero-order valence-corrected chi connectivity index (χ0v) is 11.0. The van der Waals surface area contributed by atoms with Crippen molar-refractivity contribution in [1.29, 1.82) is 0 Å². The van der Waals surface area contributed by atoms with Crippen molar-refractivity contribution in [3.05, 3.63) is 29.8 Å². The van der Waals surface area contributed by atoms with Crippen molar-refractivity contribution in [2.45, 2.75) is 36.1 Å². The van der Waals surface area contributed by atoms with E-state index in [4.69, 9.17) is 0 Å². The maximum absolute atomic E-state index is 12.2. The Morgan fingerprint density at radius 1 is 1.22 bits per heavy atom. The first-order chi connectivity index (χ1) is 8.20. The fourth-order valence-corrected chi connectivity index (χ4v) is 3.08. The number of aliphatic hydroxyl groups excluding tert-OH is 1. The Bertz CT molecular complexity index is 439. The predicted molar refractivity (Wildman–Crippen MR) is 65.5 cm³/mol. The number of halogens is 3. The Morgan fingerprint density at radius 3 is 2.06 bits per heavy atom. The number of benzene rings is 1. The summed E-state index contributed by atoms with van der Waals surface area (Å²) in [5, 5.41) is 9.52. The molecule has 1 N–H and O–H groups in total. The summed E-state index contributed by atoms with van der Waals surface area (Å²) in [4.78, 5) is 0.179.